The van der Waals surface area contributed by atoms with E-state index in [-0.39, 0.29) is 24.3 Å². The van der Waals surface area contributed by atoms with E-state index in [0.717, 1.165) is 5.56 Å². The molecule has 1 unspecified atom stereocenters. The second-order valence-corrected chi connectivity index (χ2v) is 5.98. The third-order valence-electron chi connectivity index (χ3n) is 4.22. The topological polar surface area (TPSA) is 70.7 Å². The minimum atomic E-state index is -0.623. The monoisotopic (exact) mass is 357 g/mol. The van der Waals surface area contributed by atoms with Gasteiger partial charge in [0.15, 0.2) is 0 Å². The fourth-order valence-corrected chi connectivity index (χ4v) is 2.79. The molecule has 0 spiro atoms. The number of ether oxygens (including phenoxy) is 1. The van der Waals surface area contributed by atoms with Crippen LogP contribution in [0.2, 0.25) is 0 Å². The highest BCUT2D eigenvalue weighted by Gasteiger charge is 2.34. The third kappa shape index (κ3) is 4.11. The van der Waals surface area contributed by atoms with Gasteiger partial charge in [-0.1, -0.05) is 18.2 Å². The van der Waals surface area contributed by atoms with E-state index >= 15 is 0 Å². The molecule has 1 aliphatic heterocycles. The number of hydrogen-bond acceptors (Lipinski definition) is 3. The maximum atomic E-state index is 12.9. The molecule has 136 valence electrons. The van der Waals surface area contributed by atoms with E-state index in [9.17, 15) is 14.0 Å². The van der Waals surface area contributed by atoms with E-state index in [0.29, 0.717) is 24.4 Å². The number of anilines is 1. The van der Waals surface area contributed by atoms with Crippen LogP contribution in [0.15, 0.2) is 48.5 Å². The Bertz CT molecular complexity index is 795. The Morgan fingerprint density at radius 1 is 1.31 bits per heavy atom. The van der Waals surface area contributed by atoms with Crippen LogP contribution in [-0.4, -0.2) is 38.2 Å². The number of hydrogen-bond donors (Lipinski definition) is 2. The van der Waals surface area contributed by atoms with Crippen LogP contribution in [0, 0.1) is 5.82 Å². The molecule has 3 rings (SSSR count). The predicted octanol–water partition coefficient (Wildman–Crippen LogP) is 2.09. The van der Waals surface area contributed by atoms with Crippen molar-refractivity contribution in [1.29, 1.82) is 0 Å². The molecule has 6 nitrogen and oxygen atoms in total. The lowest BCUT2D eigenvalue weighted by Gasteiger charge is -2.15. The van der Waals surface area contributed by atoms with E-state index in [1.54, 1.807) is 43.5 Å². The molecular weight excluding hydrogens is 337 g/mol. The molecule has 0 aliphatic carbocycles. The minimum Gasteiger partial charge on any atom is -0.497 e. The van der Waals surface area contributed by atoms with E-state index in [1.807, 2.05) is 0 Å². The van der Waals surface area contributed by atoms with Crippen LogP contribution in [0.4, 0.5) is 14.9 Å². The van der Waals surface area contributed by atoms with Gasteiger partial charge in [0.05, 0.1) is 13.7 Å². The number of rotatable bonds is 6. The number of carbonyl (C=O) groups is 2. The summed E-state index contributed by atoms with van der Waals surface area (Å²) < 4.78 is 18.0. The first-order valence-corrected chi connectivity index (χ1v) is 8.31. The van der Waals surface area contributed by atoms with Gasteiger partial charge < -0.3 is 15.4 Å². The summed E-state index contributed by atoms with van der Waals surface area (Å²) in [7, 11) is 1.56. The van der Waals surface area contributed by atoms with Crippen LogP contribution in [0.5, 0.6) is 5.75 Å². The first kappa shape index (κ1) is 17.7. The molecular formula is C19H20FN3O3. The van der Waals surface area contributed by atoms with Crippen LogP contribution in [-0.2, 0) is 11.2 Å². The molecule has 2 aromatic rings. The van der Waals surface area contributed by atoms with Crippen LogP contribution in [0.3, 0.4) is 0 Å². The Hall–Kier alpha value is -3.09. The van der Waals surface area contributed by atoms with Gasteiger partial charge in [0.2, 0.25) is 5.91 Å². The Balaban J connectivity index is 1.54. The molecule has 2 N–H and O–H groups in total. The van der Waals surface area contributed by atoms with Crippen molar-refractivity contribution in [2.75, 3.05) is 25.1 Å². The summed E-state index contributed by atoms with van der Waals surface area (Å²) in [6.45, 7) is 0.657. The average Bonchev–Trinajstić information content (AvgIpc) is 3.05. The zero-order valence-corrected chi connectivity index (χ0v) is 14.4. The molecule has 1 saturated heterocycles. The van der Waals surface area contributed by atoms with Gasteiger partial charge in [-0.3, -0.25) is 9.69 Å². The summed E-state index contributed by atoms with van der Waals surface area (Å²) in [5, 5.41) is 5.48. The highest BCUT2D eigenvalue weighted by Crippen LogP contribution is 2.23. The predicted molar refractivity (Wildman–Crippen MR) is 95.8 cm³/mol. The van der Waals surface area contributed by atoms with Gasteiger partial charge >= 0.3 is 6.03 Å². The quantitative estimate of drug-likeness (QED) is 0.832. The number of benzene rings is 2. The van der Waals surface area contributed by atoms with Gasteiger partial charge in [0, 0.05) is 18.3 Å². The molecule has 0 radical (unpaired) electrons. The minimum absolute atomic E-state index is 0.244. The van der Waals surface area contributed by atoms with Crippen LogP contribution in [0.25, 0.3) is 0 Å². The average molecular weight is 357 g/mol. The summed E-state index contributed by atoms with van der Waals surface area (Å²) in [5.74, 6) is 0.109. The SMILES string of the molecule is COc1cccc(N2CC(C(=O)NCCc3ccc(F)cc3)NC2=O)c1. The number of amides is 3. The summed E-state index contributed by atoms with van der Waals surface area (Å²) >= 11 is 0. The lowest BCUT2D eigenvalue weighted by molar-refractivity contribution is -0.122. The number of methoxy groups -OCH3 is 1. The second-order valence-electron chi connectivity index (χ2n) is 5.98. The van der Waals surface area contributed by atoms with E-state index < -0.39 is 6.04 Å². The summed E-state index contributed by atoms with van der Waals surface area (Å²) in [4.78, 5) is 26.0. The normalized spacial score (nSPS) is 16.3. The molecule has 0 aromatic heterocycles. The maximum Gasteiger partial charge on any atom is 0.322 e. The summed E-state index contributed by atoms with van der Waals surface area (Å²) in [6, 6.07) is 12.3. The van der Waals surface area contributed by atoms with Crippen molar-refractivity contribution in [3.05, 3.63) is 59.9 Å². The van der Waals surface area contributed by atoms with Gasteiger partial charge in [-0.2, -0.15) is 0 Å². The van der Waals surface area contributed by atoms with Crippen molar-refractivity contribution < 1.29 is 18.7 Å². The smallest absolute Gasteiger partial charge is 0.322 e. The molecule has 0 saturated carbocycles. The molecule has 26 heavy (non-hydrogen) atoms. The first-order valence-electron chi connectivity index (χ1n) is 8.31. The van der Waals surface area contributed by atoms with Crippen LogP contribution in [0.1, 0.15) is 5.56 Å². The molecule has 1 aliphatic rings. The summed E-state index contributed by atoms with van der Waals surface area (Å²) in [6.07, 6.45) is 0.590. The Kier molecular flexibility index (Phi) is 5.36. The number of carbonyl (C=O) groups excluding carboxylic acids is 2. The van der Waals surface area contributed by atoms with Gasteiger partial charge in [-0.15, -0.1) is 0 Å². The lowest BCUT2D eigenvalue weighted by Crippen LogP contribution is -2.43. The van der Waals surface area contributed by atoms with Crippen molar-refractivity contribution in [3.63, 3.8) is 0 Å². The highest BCUT2D eigenvalue weighted by atomic mass is 19.1. The Morgan fingerprint density at radius 2 is 2.08 bits per heavy atom. The van der Waals surface area contributed by atoms with E-state index in [1.165, 1.54) is 17.0 Å². The van der Waals surface area contributed by atoms with Crippen molar-refractivity contribution in [1.82, 2.24) is 10.6 Å². The fraction of sp³-hybridized carbons (Fsp3) is 0.263. The summed E-state index contributed by atoms with van der Waals surface area (Å²) in [5.41, 5.74) is 1.60. The molecule has 3 amide bonds. The van der Waals surface area contributed by atoms with Crippen molar-refractivity contribution in [3.8, 4) is 5.75 Å². The van der Waals surface area contributed by atoms with Crippen LogP contribution >= 0.6 is 0 Å². The fourth-order valence-electron chi connectivity index (χ4n) is 2.79. The molecule has 1 fully saturated rings. The Labute approximate surface area is 150 Å². The number of nitrogens with zero attached hydrogens (tertiary/aromatic N) is 1. The highest BCUT2D eigenvalue weighted by molar-refractivity contribution is 6.00. The Morgan fingerprint density at radius 3 is 2.81 bits per heavy atom. The number of nitrogens with one attached hydrogen (secondary N) is 2. The molecule has 2 aromatic carbocycles. The largest absolute Gasteiger partial charge is 0.497 e. The van der Waals surface area contributed by atoms with Gasteiger partial charge in [-0.25, -0.2) is 9.18 Å². The molecule has 1 atom stereocenters. The standard InChI is InChI=1S/C19H20FN3O3/c1-26-16-4-2-3-15(11-16)23-12-17(22-19(23)25)18(24)21-10-9-13-5-7-14(20)8-6-13/h2-8,11,17H,9-10,12H2,1H3,(H,21,24)(H,22,25). The molecule has 7 heteroatoms. The molecule has 0 bridgehead atoms. The zero-order valence-electron chi connectivity index (χ0n) is 14.4. The van der Waals surface area contributed by atoms with Gasteiger partial charge in [-0.05, 0) is 36.2 Å². The zero-order chi connectivity index (χ0) is 18.5. The first-order chi connectivity index (χ1) is 12.6. The maximum absolute atomic E-state index is 12.9. The number of halogens is 1. The van der Waals surface area contributed by atoms with E-state index in [4.69, 9.17) is 4.74 Å². The van der Waals surface area contributed by atoms with Gasteiger partial charge in [0.1, 0.15) is 17.6 Å². The molecule has 1 heterocycles. The van der Waals surface area contributed by atoms with Crippen molar-refractivity contribution in [2.45, 2.75) is 12.5 Å². The van der Waals surface area contributed by atoms with E-state index in [2.05, 4.69) is 10.6 Å². The van der Waals surface area contributed by atoms with Crippen molar-refractivity contribution >= 4 is 17.6 Å². The van der Waals surface area contributed by atoms with Crippen molar-refractivity contribution in [2.24, 2.45) is 0 Å². The second kappa shape index (κ2) is 7.86. The third-order valence-corrected chi connectivity index (χ3v) is 4.22. The number of urea groups is 1. The lowest BCUT2D eigenvalue weighted by atomic mass is 10.1. The van der Waals surface area contributed by atoms with Crippen LogP contribution < -0.4 is 20.3 Å². The van der Waals surface area contributed by atoms with Gasteiger partial charge in [0.25, 0.3) is 0 Å².